The van der Waals surface area contributed by atoms with E-state index >= 15 is 0 Å². The second-order valence-electron chi connectivity index (χ2n) is 8.04. The lowest BCUT2D eigenvalue weighted by Gasteiger charge is -2.26. The van der Waals surface area contributed by atoms with Crippen LogP contribution in [0, 0.1) is 13.8 Å². The minimum absolute atomic E-state index is 0.0991. The highest BCUT2D eigenvalue weighted by Gasteiger charge is 2.22. The second-order valence-corrected chi connectivity index (χ2v) is 8.04. The predicted octanol–water partition coefficient (Wildman–Crippen LogP) is 4.36. The number of benzene rings is 1. The third-order valence-corrected chi connectivity index (χ3v) is 5.92. The predicted molar refractivity (Wildman–Crippen MR) is 118 cm³/mol. The molecule has 30 heavy (non-hydrogen) atoms. The fraction of sp³-hybridized carbons (Fsp3) is 0.458. The fourth-order valence-electron chi connectivity index (χ4n) is 3.97. The smallest absolute Gasteiger partial charge is 0.227 e. The second kappa shape index (κ2) is 8.46. The molecule has 1 aliphatic carbocycles. The Balaban J connectivity index is 1.74. The van der Waals surface area contributed by atoms with Crippen LogP contribution in [0.3, 0.4) is 0 Å². The van der Waals surface area contributed by atoms with Crippen LogP contribution >= 0.6 is 0 Å². The molecule has 1 aromatic carbocycles. The van der Waals surface area contributed by atoms with E-state index in [4.69, 9.17) is 14.8 Å². The lowest BCUT2D eigenvalue weighted by molar-refractivity contribution is -0.130. The molecule has 0 spiro atoms. The molecular formula is C24H30N4O2. The highest BCUT2D eigenvalue weighted by Crippen LogP contribution is 2.30. The van der Waals surface area contributed by atoms with Gasteiger partial charge in [0.15, 0.2) is 5.65 Å². The summed E-state index contributed by atoms with van der Waals surface area (Å²) >= 11 is 0. The summed E-state index contributed by atoms with van der Waals surface area (Å²) in [5.41, 5.74) is 5.36. The summed E-state index contributed by atoms with van der Waals surface area (Å²) in [4.78, 5) is 19.5. The van der Waals surface area contributed by atoms with Crippen LogP contribution in [-0.2, 0) is 11.2 Å². The van der Waals surface area contributed by atoms with Crippen LogP contribution < -0.4 is 4.74 Å². The van der Waals surface area contributed by atoms with Crippen LogP contribution in [0.5, 0.6) is 5.75 Å². The van der Waals surface area contributed by atoms with Crippen molar-refractivity contribution in [2.45, 2.75) is 59.5 Å². The van der Waals surface area contributed by atoms with Crippen molar-refractivity contribution in [2.24, 2.45) is 0 Å². The van der Waals surface area contributed by atoms with Crippen molar-refractivity contribution in [1.29, 1.82) is 0 Å². The average Bonchev–Trinajstić information content (AvgIpc) is 3.05. The Morgan fingerprint density at radius 1 is 1.17 bits per heavy atom. The molecule has 158 valence electrons. The first-order valence-corrected chi connectivity index (χ1v) is 10.9. The van der Waals surface area contributed by atoms with E-state index in [0.29, 0.717) is 19.2 Å². The largest absolute Gasteiger partial charge is 0.490 e. The summed E-state index contributed by atoms with van der Waals surface area (Å²) in [6, 6.07) is 10.1. The van der Waals surface area contributed by atoms with Gasteiger partial charge < -0.3 is 9.64 Å². The van der Waals surface area contributed by atoms with Gasteiger partial charge in [-0.25, -0.2) is 9.50 Å². The summed E-state index contributed by atoms with van der Waals surface area (Å²) in [5, 5.41) is 4.85. The molecule has 6 nitrogen and oxygen atoms in total. The van der Waals surface area contributed by atoms with Gasteiger partial charge in [0, 0.05) is 35.6 Å². The Hall–Kier alpha value is -2.89. The molecule has 1 amide bonds. The van der Waals surface area contributed by atoms with E-state index in [9.17, 15) is 4.79 Å². The van der Waals surface area contributed by atoms with E-state index in [-0.39, 0.29) is 12.3 Å². The number of amides is 1. The number of rotatable bonds is 7. The van der Waals surface area contributed by atoms with Crippen molar-refractivity contribution in [2.75, 3.05) is 13.1 Å². The van der Waals surface area contributed by atoms with Crippen molar-refractivity contribution in [1.82, 2.24) is 19.5 Å². The number of nitrogens with zero attached hydrogens (tertiary/aromatic N) is 4. The topological polar surface area (TPSA) is 59.7 Å². The van der Waals surface area contributed by atoms with Crippen molar-refractivity contribution in [3.05, 3.63) is 47.3 Å². The molecule has 0 radical (unpaired) electrons. The molecule has 0 bridgehead atoms. The minimum atomic E-state index is 0.0991. The normalized spacial score (nSPS) is 14.0. The molecule has 0 saturated heterocycles. The molecule has 4 rings (SSSR count). The molecule has 0 N–H and O–H groups in total. The zero-order valence-electron chi connectivity index (χ0n) is 18.3. The number of hydrogen-bond acceptors (Lipinski definition) is 4. The number of carbonyl (C=O) groups excluding carboxylic acids is 1. The zero-order chi connectivity index (χ0) is 21.3. The lowest BCUT2D eigenvalue weighted by atomic mass is 9.96. The van der Waals surface area contributed by atoms with Crippen LogP contribution in [0.15, 0.2) is 30.3 Å². The van der Waals surface area contributed by atoms with Gasteiger partial charge in [-0.15, -0.1) is 0 Å². The molecule has 1 aliphatic rings. The van der Waals surface area contributed by atoms with Crippen LogP contribution in [0.25, 0.3) is 16.9 Å². The van der Waals surface area contributed by atoms with Crippen LogP contribution in [-0.4, -0.2) is 44.6 Å². The van der Waals surface area contributed by atoms with Crippen LogP contribution in [0.4, 0.5) is 0 Å². The Morgan fingerprint density at radius 2 is 1.87 bits per heavy atom. The molecule has 0 unspecified atom stereocenters. The zero-order valence-corrected chi connectivity index (χ0v) is 18.3. The molecule has 0 atom stereocenters. The molecule has 6 heteroatoms. The first-order chi connectivity index (χ1) is 14.5. The molecule has 1 saturated carbocycles. The Morgan fingerprint density at radius 3 is 2.47 bits per heavy atom. The molecule has 0 aliphatic heterocycles. The van der Waals surface area contributed by atoms with Gasteiger partial charge in [-0.1, -0.05) is 0 Å². The minimum Gasteiger partial charge on any atom is -0.490 e. The SMILES string of the molecule is CCN(CC)C(=O)Cc1c(-c2ccc(OC3CCC3)cc2)nn2c(C)cc(C)nc12. The van der Waals surface area contributed by atoms with E-state index in [1.165, 1.54) is 6.42 Å². The standard InChI is InChI=1S/C24H30N4O2/c1-5-27(6-2)22(29)15-21-23(26-28-17(4)14-16(3)25-24(21)28)18-10-12-20(13-11-18)30-19-8-7-9-19/h10-14,19H,5-9,15H2,1-4H3. The van der Waals surface area contributed by atoms with Crippen molar-refractivity contribution < 1.29 is 9.53 Å². The number of ether oxygens (including phenoxy) is 1. The first kappa shape index (κ1) is 20.4. The third kappa shape index (κ3) is 3.91. The Kier molecular flexibility index (Phi) is 5.75. The van der Waals surface area contributed by atoms with Crippen LogP contribution in [0.2, 0.25) is 0 Å². The maximum Gasteiger partial charge on any atom is 0.227 e. The highest BCUT2D eigenvalue weighted by molar-refractivity contribution is 5.84. The van der Waals surface area contributed by atoms with Gasteiger partial charge in [-0.05, 0) is 77.3 Å². The van der Waals surface area contributed by atoms with E-state index in [1.54, 1.807) is 0 Å². The van der Waals surface area contributed by atoms with Crippen molar-refractivity contribution in [3.63, 3.8) is 0 Å². The Bertz CT molecular complexity index is 1050. The number of aryl methyl sites for hydroxylation is 2. The van der Waals surface area contributed by atoms with Gasteiger partial charge in [0.2, 0.25) is 5.91 Å². The molecule has 2 heterocycles. The molecule has 3 aromatic rings. The summed E-state index contributed by atoms with van der Waals surface area (Å²) in [7, 11) is 0. The van der Waals surface area contributed by atoms with Crippen molar-refractivity contribution >= 4 is 11.6 Å². The van der Waals surface area contributed by atoms with Gasteiger partial charge >= 0.3 is 0 Å². The van der Waals surface area contributed by atoms with Crippen molar-refractivity contribution in [3.8, 4) is 17.0 Å². The number of hydrogen-bond donors (Lipinski definition) is 0. The third-order valence-electron chi connectivity index (χ3n) is 5.92. The summed E-state index contributed by atoms with van der Waals surface area (Å²) in [6.45, 7) is 9.40. The maximum absolute atomic E-state index is 12.9. The fourth-order valence-corrected chi connectivity index (χ4v) is 3.97. The van der Waals surface area contributed by atoms with Gasteiger partial charge in [0.05, 0.1) is 18.2 Å². The maximum atomic E-state index is 12.9. The molecule has 1 fully saturated rings. The van der Waals surface area contributed by atoms with Crippen LogP contribution in [0.1, 0.15) is 50.1 Å². The highest BCUT2D eigenvalue weighted by atomic mass is 16.5. The average molecular weight is 407 g/mol. The Labute approximate surface area is 177 Å². The van der Waals surface area contributed by atoms with Gasteiger partial charge in [-0.2, -0.15) is 5.10 Å². The molecular weight excluding hydrogens is 376 g/mol. The molecule has 2 aromatic heterocycles. The summed E-state index contributed by atoms with van der Waals surface area (Å²) in [6.07, 6.45) is 4.16. The summed E-state index contributed by atoms with van der Waals surface area (Å²) in [5.74, 6) is 0.986. The van der Waals surface area contributed by atoms with E-state index in [1.807, 2.05) is 67.4 Å². The van der Waals surface area contributed by atoms with E-state index in [2.05, 4.69) is 0 Å². The monoisotopic (exact) mass is 406 g/mol. The number of fused-ring (bicyclic) bond motifs is 1. The quantitative estimate of drug-likeness (QED) is 0.585. The van der Waals surface area contributed by atoms with Gasteiger partial charge in [-0.3, -0.25) is 4.79 Å². The summed E-state index contributed by atoms with van der Waals surface area (Å²) < 4.78 is 7.84. The van der Waals surface area contributed by atoms with Gasteiger partial charge in [0.25, 0.3) is 0 Å². The van der Waals surface area contributed by atoms with E-state index < -0.39 is 0 Å². The van der Waals surface area contributed by atoms with E-state index in [0.717, 1.165) is 52.4 Å². The number of carbonyl (C=O) groups is 1. The van der Waals surface area contributed by atoms with Gasteiger partial charge in [0.1, 0.15) is 5.75 Å². The lowest BCUT2D eigenvalue weighted by Crippen LogP contribution is -2.31. The first-order valence-electron chi connectivity index (χ1n) is 10.9. The number of likely N-dealkylation sites (N-methyl/N-ethyl adjacent to an activating group) is 1. The number of aromatic nitrogens is 3.